The predicted octanol–water partition coefficient (Wildman–Crippen LogP) is 2.27. The van der Waals surface area contributed by atoms with Crippen LogP contribution in [0.4, 0.5) is 0 Å². The lowest BCUT2D eigenvalue weighted by atomic mass is 9.53. The van der Waals surface area contributed by atoms with Crippen LogP contribution >= 0.6 is 0 Å². The molecule has 2 aromatic rings. The van der Waals surface area contributed by atoms with Crippen molar-refractivity contribution in [1.82, 2.24) is 10.2 Å². The first-order chi connectivity index (χ1) is 14.0. The molecule has 2 heterocycles. The van der Waals surface area contributed by atoms with Gasteiger partial charge in [-0.2, -0.15) is 10.5 Å². The molecule has 2 unspecified atom stereocenters. The number of nitrogens with one attached hydrogen (secondary N) is 1. The lowest BCUT2D eigenvalue weighted by molar-refractivity contribution is -0.156. The zero-order valence-corrected chi connectivity index (χ0v) is 16.1. The van der Waals surface area contributed by atoms with Crippen LogP contribution in [0.5, 0.6) is 0 Å². The van der Waals surface area contributed by atoms with Crippen molar-refractivity contribution < 1.29 is 9.59 Å². The first-order valence-corrected chi connectivity index (χ1v) is 9.47. The van der Waals surface area contributed by atoms with Crippen molar-refractivity contribution in [2.45, 2.75) is 19.4 Å². The van der Waals surface area contributed by atoms with E-state index in [-0.39, 0.29) is 13.1 Å². The van der Waals surface area contributed by atoms with Crippen LogP contribution < -0.4 is 5.32 Å². The second-order valence-electron chi connectivity index (χ2n) is 7.87. The number of imide groups is 1. The Morgan fingerprint density at radius 3 is 2.07 bits per heavy atom. The second-order valence-corrected chi connectivity index (χ2v) is 7.87. The van der Waals surface area contributed by atoms with Crippen molar-refractivity contribution in [3.63, 3.8) is 0 Å². The smallest absolute Gasteiger partial charge is 0.249 e. The molecule has 4 rings (SSSR count). The third-order valence-electron chi connectivity index (χ3n) is 6.12. The topological polar surface area (TPSA) is 97.0 Å². The summed E-state index contributed by atoms with van der Waals surface area (Å²) in [4.78, 5) is 27.9. The zero-order valence-electron chi connectivity index (χ0n) is 16.1. The fourth-order valence-corrected chi connectivity index (χ4v) is 4.79. The molecule has 2 saturated heterocycles. The highest BCUT2D eigenvalue weighted by Crippen LogP contribution is 2.55. The summed E-state index contributed by atoms with van der Waals surface area (Å²) in [6.07, 6.45) is 0. The summed E-state index contributed by atoms with van der Waals surface area (Å²) in [6.45, 7) is 2.63. The number of nitrogens with zero attached hydrogens (tertiary/aromatic N) is 3. The number of hydrogen-bond donors (Lipinski definition) is 1. The summed E-state index contributed by atoms with van der Waals surface area (Å²) in [5, 5.41) is 22.7. The largest absolute Gasteiger partial charge is 0.295 e. The van der Waals surface area contributed by atoms with Gasteiger partial charge in [-0.1, -0.05) is 54.6 Å². The van der Waals surface area contributed by atoms with E-state index in [9.17, 15) is 20.1 Å². The molecule has 2 aliphatic rings. The van der Waals surface area contributed by atoms with Gasteiger partial charge in [-0.05, 0) is 23.6 Å². The van der Waals surface area contributed by atoms with Gasteiger partial charge in [0.15, 0.2) is 10.8 Å². The molecular formula is C23H20N4O2. The number of benzene rings is 2. The molecular weight excluding hydrogens is 364 g/mol. The molecule has 6 heteroatoms. The summed E-state index contributed by atoms with van der Waals surface area (Å²) in [6, 6.07) is 21.4. The van der Waals surface area contributed by atoms with Crippen LogP contribution in [-0.2, 0) is 16.1 Å². The molecule has 0 aromatic heterocycles. The summed E-state index contributed by atoms with van der Waals surface area (Å²) in [5.41, 5.74) is -0.492. The van der Waals surface area contributed by atoms with Gasteiger partial charge < -0.3 is 0 Å². The normalized spacial score (nSPS) is 28.9. The highest BCUT2D eigenvalue weighted by atomic mass is 16.2. The molecule has 2 aliphatic heterocycles. The van der Waals surface area contributed by atoms with Crippen LogP contribution in [0.25, 0.3) is 0 Å². The van der Waals surface area contributed by atoms with Gasteiger partial charge >= 0.3 is 0 Å². The minimum Gasteiger partial charge on any atom is -0.295 e. The monoisotopic (exact) mass is 384 g/mol. The minimum absolute atomic E-state index is 0.153. The number of aryl methyl sites for hydroxylation is 1. The van der Waals surface area contributed by atoms with Crippen molar-refractivity contribution in [2.24, 2.45) is 10.8 Å². The number of nitriles is 2. The first kappa shape index (κ1) is 18.9. The zero-order chi connectivity index (χ0) is 20.6. The van der Waals surface area contributed by atoms with E-state index in [1.54, 1.807) is 0 Å². The fraction of sp³-hybridized carbons (Fsp3) is 0.304. The molecule has 2 aromatic carbocycles. The van der Waals surface area contributed by atoms with Crippen LogP contribution in [0.3, 0.4) is 0 Å². The lowest BCUT2D eigenvalue weighted by Gasteiger charge is -2.53. The van der Waals surface area contributed by atoms with E-state index in [4.69, 9.17) is 0 Å². The summed E-state index contributed by atoms with van der Waals surface area (Å²) in [5.74, 6) is -2.07. The number of carbonyl (C=O) groups excluding carboxylic acids is 2. The van der Waals surface area contributed by atoms with Gasteiger partial charge in [0.25, 0.3) is 0 Å². The number of rotatable bonds is 3. The number of piperidine rings is 2. The number of likely N-dealkylation sites (tertiary alicyclic amines) is 1. The fourth-order valence-electron chi connectivity index (χ4n) is 4.79. The Morgan fingerprint density at radius 1 is 0.966 bits per heavy atom. The first-order valence-electron chi connectivity index (χ1n) is 9.47. The van der Waals surface area contributed by atoms with E-state index in [2.05, 4.69) is 17.5 Å². The average Bonchev–Trinajstić information content (AvgIpc) is 2.73. The maximum atomic E-state index is 13.0. The Hall–Kier alpha value is -3.48. The minimum atomic E-state index is -1.53. The van der Waals surface area contributed by atoms with E-state index in [1.807, 2.05) is 66.4 Å². The molecule has 0 saturated carbocycles. The van der Waals surface area contributed by atoms with Gasteiger partial charge in [0.1, 0.15) is 0 Å². The Morgan fingerprint density at radius 2 is 1.52 bits per heavy atom. The number of carbonyl (C=O) groups is 2. The molecule has 0 radical (unpaired) electrons. The highest BCUT2D eigenvalue weighted by Gasteiger charge is 2.68. The third-order valence-corrected chi connectivity index (χ3v) is 6.12. The van der Waals surface area contributed by atoms with Crippen molar-refractivity contribution in [2.75, 3.05) is 13.1 Å². The summed E-state index contributed by atoms with van der Waals surface area (Å²) >= 11 is 0. The van der Waals surface area contributed by atoms with Gasteiger partial charge in [0.05, 0.1) is 12.1 Å². The van der Waals surface area contributed by atoms with Crippen molar-refractivity contribution in [1.29, 1.82) is 10.5 Å². The third kappa shape index (κ3) is 2.73. The van der Waals surface area contributed by atoms with E-state index in [1.165, 1.54) is 0 Å². The van der Waals surface area contributed by atoms with E-state index < -0.39 is 28.6 Å². The molecule has 1 N–H and O–H groups in total. The second kappa shape index (κ2) is 6.84. The van der Waals surface area contributed by atoms with Gasteiger partial charge in [-0.3, -0.25) is 19.8 Å². The van der Waals surface area contributed by atoms with E-state index in [0.29, 0.717) is 12.1 Å². The van der Waals surface area contributed by atoms with Gasteiger partial charge in [0.2, 0.25) is 11.8 Å². The molecule has 0 spiro atoms. The van der Waals surface area contributed by atoms with Crippen molar-refractivity contribution in [3.8, 4) is 12.1 Å². The standard InChI is InChI=1S/C23H20N4O2/c1-16-7-5-6-10-18(16)19-22(12-24)14-27(11-17-8-3-2-4-9-17)15-23(19,13-25)21(29)26-20(22)28/h2-10,19H,11,14-15H2,1H3,(H,26,28,29). The van der Waals surface area contributed by atoms with Gasteiger partial charge in [-0.25, -0.2) is 0 Å². The molecule has 144 valence electrons. The number of amides is 2. The molecule has 2 amide bonds. The number of hydrogen-bond acceptors (Lipinski definition) is 5. The molecule has 0 aliphatic carbocycles. The quantitative estimate of drug-likeness (QED) is 0.819. The molecule has 2 fully saturated rings. The average molecular weight is 384 g/mol. The number of fused-ring (bicyclic) bond motifs is 2. The van der Waals surface area contributed by atoms with Crippen LogP contribution in [0, 0.1) is 40.4 Å². The molecule has 2 atom stereocenters. The van der Waals surface area contributed by atoms with E-state index >= 15 is 0 Å². The lowest BCUT2D eigenvalue weighted by Crippen LogP contribution is -2.71. The van der Waals surface area contributed by atoms with Crippen molar-refractivity contribution >= 4 is 11.8 Å². The molecule has 2 bridgehead atoms. The molecule has 29 heavy (non-hydrogen) atoms. The van der Waals surface area contributed by atoms with Gasteiger partial charge in [-0.15, -0.1) is 0 Å². The van der Waals surface area contributed by atoms with E-state index in [0.717, 1.165) is 11.1 Å². The van der Waals surface area contributed by atoms with Crippen molar-refractivity contribution in [3.05, 3.63) is 71.3 Å². The Balaban J connectivity index is 1.88. The summed E-state index contributed by atoms with van der Waals surface area (Å²) < 4.78 is 0. The summed E-state index contributed by atoms with van der Waals surface area (Å²) in [7, 11) is 0. The highest BCUT2D eigenvalue weighted by molar-refractivity contribution is 6.08. The Labute approximate surface area is 169 Å². The van der Waals surface area contributed by atoms with Gasteiger partial charge in [0, 0.05) is 25.6 Å². The Bertz CT molecular complexity index is 1030. The molecule has 6 nitrogen and oxygen atoms in total. The predicted molar refractivity (Wildman–Crippen MR) is 105 cm³/mol. The van der Waals surface area contributed by atoms with Crippen LogP contribution in [0.15, 0.2) is 54.6 Å². The van der Waals surface area contributed by atoms with Crippen LogP contribution in [0.1, 0.15) is 22.6 Å². The SMILES string of the molecule is Cc1ccccc1C1C2(C#N)CN(Cc3ccccc3)CC1(C#N)C(=O)NC2=O. The van der Waals surface area contributed by atoms with Crippen LogP contribution in [0.2, 0.25) is 0 Å². The van der Waals surface area contributed by atoms with Crippen LogP contribution in [-0.4, -0.2) is 29.8 Å². The Kier molecular flexibility index (Phi) is 4.45. The maximum absolute atomic E-state index is 13.0. The maximum Gasteiger partial charge on any atom is 0.249 e.